The summed E-state index contributed by atoms with van der Waals surface area (Å²) >= 11 is 0. The molecule has 2 atom stereocenters. The van der Waals surface area contributed by atoms with Crippen LogP contribution in [0.1, 0.15) is 25.7 Å². The Morgan fingerprint density at radius 1 is 1.40 bits per heavy atom. The number of nitrogens with one attached hydrogen (secondary N) is 1. The van der Waals surface area contributed by atoms with Crippen molar-refractivity contribution in [3.05, 3.63) is 0 Å². The second kappa shape index (κ2) is 7.04. The zero-order chi connectivity index (χ0) is 14.5. The third-order valence-electron chi connectivity index (χ3n) is 4.13. The van der Waals surface area contributed by atoms with Gasteiger partial charge in [0.05, 0.1) is 12.1 Å². The van der Waals surface area contributed by atoms with Crippen LogP contribution in [-0.4, -0.2) is 74.1 Å². The van der Waals surface area contributed by atoms with Crippen LogP contribution in [0.25, 0.3) is 0 Å². The average Bonchev–Trinajstić information content (AvgIpc) is 2.78. The van der Waals surface area contributed by atoms with Crippen molar-refractivity contribution in [2.24, 2.45) is 0 Å². The second-order valence-electron chi connectivity index (χ2n) is 5.76. The second-order valence-corrected chi connectivity index (χ2v) is 5.76. The number of nitrogens with zero attached hydrogens (tertiary/aromatic N) is 2. The SMILES string of the molecule is CO[C@H]1CN(C)C[C@@H]1NC(=O)CCN1CCCCC1=O. The van der Waals surface area contributed by atoms with Gasteiger partial charge in [0.2, 0.25) is 11.8 Å². The topological polar surface area (TPSA) is 61.9 Å². The molecule has 2 heterocycles. The van der Waals surface area contributed by atoms with E-state index in [9.17, 15) is 9.59 Å². The van der Waals surface area contributed by atoms with Gasteiger partial charge in [-0.2, -0.15) is 0 Å². The van der Waals surface area contributed by atoms with E-state index in [0.717, 1.165) is 32.5 Å². The molecule has 2 aliphatic rings. The largest absolute Gasteiger partial charge is 0.378 e. The van der Waals surface area contributed by atoms with Gasteiger partial charge in [0.25, 0.3) is 0 Å². The van der Waals surface area contributed by atoms with Crippen LogP contribution < -0.4 is 5.32 Å². The monoisotopic (exact) mass is 283 g/mol. The summed E-state index contributed by atoms with van der Waals surface area (Å²) in [5.74, 6) is 0.185. The molecule has 0 radical (unpaired) electrons. The van der Waals surface area contributed by atoms with Gasteiger partial charge in [0, 0.05) is 46.1 Å². The molecule has 0 aromatic carbocycles. The minimum atomic E-state index is 0.00530. The van der Waals surface area contributed by atoms with Crippen LogP contribution in [0.5, 0.6) is 0 Å². The summed E-state index contributed by atoms with van der Waals surface area (Å²) in [6, 6.07) is 0.0505. The maximum Gasteiger partial charge on any atom is 0.222 e. The van der Waals surface area contributed by atoms with Crippen molar-refractivity contribution >= 4 is 11.8 Å². The predicted molar refractivity (Wildman–Crippen MR) is 75.3 cm³/mol. The number of likely N-dealkylation sites (tertiary alicyclic amines) is 2. The van der Waals surface area contributed by atoms with Gasteiger partial charge in [-0.15, -0.1) is 0 Å². The van der Waals surface area contributed by atoms with E-state index in [1.54, 1.807) is 12.0 Å². The van der Waals surface area contributed by atoms with Gasteiger partial charge >= 0.3 is 0 Å². The molecule has 2 saturated heterocycles. The van der Waals surface area contributed by atoms with Crippen LogP contribution in [-0.2, 0) is 14.3 Å². The first-order valence-corrected chi connectivity index (χ1v) is 7.38. The fourth-order valence-electron chi connectivity index (χ4n) is 2.95. The van der Waals surface area contributed by atoms with E-state index in [-0.39, 0.29) is 24.0 Å². The highest BCUT2D eigenvalue weighted by atomic mass is 16.5. The summed E-state index contributed by atoms with van der Waals surface area (Å²) in [5.41, 5.74) is 0. The van der Waals surface area contributed by atoms with E-state index in [2.05, 4.69) is 10.2 Å². The Labute approximate surface area is 120 Å². The van der Waals surface area contributed by atoms with Gasteiger partial charge in [-0.25, -0.2) is 0 Å². The summed E-state index contributed by atoms with van der Waals surface area (Å²) in [4.78, 5) is 27.6. The molecule has 0 aromatic heterocycles. The number of piperidine rings is 1. The molecule has 1 N–H and O–H groups in total. The molecule has 0 saturated carbocycles. The Balaban J connectivity index is 1.73. The Morgan fingerprint density at radius 2 is 2.20 bits per heavy atom. The molecule has 0 aliphatic carbocycles. The van der Waals surface area contributed by atoms with Gasteiger partial charge < -0.3 is 19.9 Å². The molecule has 2 fully saturated rings. The van der Waals surface area contributed by atoms with Crippen molar-refractivity contribution in [3.63, 3.8) is 0 Å². The van der Waals surface area contributed by atoms with E-state index in [4.69, 9.17) is 4.74 Å². The van der Waals surface area contributed by atoms with Crippen molar-refractivity contribution in [2.75, 3.05) is 40.3 Å². The summed E-state index contributed by atoms with van der Waals surface area (Å²) in [6.07, 6.45) is 3.09. The molecule has 2 aliphatic heterocycles. The predicted octanol–water partition coefficient (Wildman–Crippen LogP) is -0.166. The van der Waals surface area contributed by atoms with E-state index < -0.39 is 0 Å². The van der Waals surface area contributed by atoms with Gasteiger partial charge in [0.1, 0.15) is 0 Å². The van der Waals surface area contributed by atoms with Crippen molar-refractivity contribution in [2.45, 2.75) is 37.8 Å². The Hall–Kier alpha value is -1.14. The van der Waals surface area contributed by atoms with Crippen LogP contribution in [0, 0.1) is 0 Å². The number of likely N-dealkylation sites (N-methyl/N-ethyl adjacent to an activating group) is 1. The lowest BCUT2D eigenvalue weighted by molar-refractivity contribution is -0.134. The summed E-state index contributed by atoms with van der Waals surface area (Å²) in [7, 11) is 3.69. The standard InChI is InChI=1S/C14H25N3O3/c1-16-9-11(12(10-16)20-2)15-13(18)6-8-17-7-4-3-5-14(17)19/h11-12H,3-10H2,1-2H3,(H,15,18)/t11-,12-/m0/s1. The molecule has 0 bridgehead atoms. The molecule has 6 heteroatoms. The highest BCUT2D eigenvalue weighted by molar-refractivity contribution is 5.79. The number of ether oxygens (including phenoxy) is 1. The molecule has 20 heavy (non-hydrogen) atoms. The zero-order valence-electron chi connectivity index (χ0n) is 12.4. The maximum atomic E-state index is 12.0. The first kappa shape index (κ1) is 15.3. The van der Waals surface area contributed by atoms with E-state index in [1.165, 1.54) is 0 Å². The number of hydrogen-bond acceptors (Lipinski definition) is 4. The van der Waals surface area contributed by atoms with Crippen molar-refractivity contribution in [1.29, 1.82) is 0 Å². The van der Waals surface area contributed by atoms with E-state index in [1.807, 2.05) is 7.05 Å². The molecular formula is C14H25N3O3. The van der Waals surface area contributed by atoms with Crippen molar-refractivity contribution < 1.29 is 14.3 Å². The Kier molecular flexibility index (Phi) is 5.37. The lowest BCUT2D eigenvalue weighted by Gasteiger charge is -2.27. The van der Waals surface area contributed by atoms with Crippen LogP contribution >= 0.6 is 0 Å². The van der Waals surface area contributed by atoms with Crippen LogP contribution in [0.2, 0.25) is 0 Å². The smallest absolute Gasteiger partial charge is 0.222 e. The quantitative estimate of drug-likeness (QED) is 0.761. The molecule has 0 spiro atoms. The first-order chi connectivity index (χ1) is 9.60. The highest BCUT2D eigenvalue weighted by Gasteiger charge is 2.31. The molecule has 2 rings (SSSR count). The normalized spacial score (nSPS) is 27.9. The van der Waals surface area contributed by atoms with Crippen LogP contribution in [0.3, 0.4) is 0 Å². The van der Waals surface area contributed by atoms with E-state index in [0.29, 0.717) is 19.4 Å². The minimum Gasteiger partial charge on any atom is -0.378 e. The third kappa shape index (κ3) is 3.93. The number of hydrogen-bond donors (Lipinski definition) is 1. The molecule has 0 unspecified atom stereocenters. The van der Waals surface area contributed by atoms with Crippen LogP contribution in [0.4, 0.5) is 0 Å². The van der Waals surface area contributed by atoms with Gasteiger partial charge in [0.15, 0.2) is 0 Å². The zero-order valence-corrected chi connectivity index (χ0v) is 12.4. The number of amides is 2. The highest BCUT2D eigenvalue weighted by Crippen LogP contribution is 2.12. The number of carbonyl (C=O) groups excluding carboxylic acids is 2. The fourth-order valence-corrected chi connectivity index (χ4v) is 2.95. The number of rotatable bonds is 5. The van der Waals surface area contributed by atoms with Crippen LogP contribution in [0.15, 0.2) is 0 Å². The average molecular weight is 283 g/mol. The molecule has 2 amide bonds. The fraction of sp³-hybridized carbons (Fsp3) is 0.857. The maximum absolute atomic E-state index is 12.0. The van der Waals surface area contributed by atoms with E-state index >= 15 is 0 Å². The number of carbonyl (C=O) groups is 2. The molecule has 114 valence electrons. The van der Waals surface area contributed by atoms with Crippen molar-refractivity contribution in [1.82, 2.24) is 15.1 Å². The molecular weight excluding hydrogens is 258 g/mol. The molecule has 0 aromatic rings. The lowest BCUT2D eigenvalue weighted by Crippen LogP contribution is -2.45. The lowest BCUT2D eigenvalue weighted by atomic mass is 10.1. The summed E-state index contributed by atoms with van der Waals surface area (Å²) in [5, 5.41) is 3.02. The number of methoxy groups -OCH3 is 1. The third-order valence-corrected chi connectivity index (χ3v) is 4.13. The summed E-state index contributed by atoms with van der Waals surface area (Å²) < 4.78 is 5.39. The van der Waals surface area contributed by atoms with Gasteiger partial charge in [-0.3, -0.25) is 9.59 Å². The summed E-state index contributed by atoms with van der Waals surface area (Å²) in [6.45, 7) is 2.97. The first-order valence-electron chi connectivity index (χ1n) is 7.38. The Morgan fingerprint density at radius 3 is 2.90 bits per heavy atom. The Bertz CT molecular complexity index is 362. The van der Waals surface area contributed by atoms with Gasteiger partial charge in [-0.1, -0.05) is 0 Å². The molecule has 6 nitrogen and oxygen atoms in total. The van der Waals surface area contributed by atoms with Gasteiger partial charge in [-0.05, 0) is 19.9 Å². The van der Waals surface area contributed by atoms with Crippen molar-refractivity contribution in [3.8, 4) is 0 Å². The minimum absolute atomic E-state index is 0.00530.